The van der Waals surface area contributed by atoms with Crippen LogP contribution in [0.2, 0.25) is 5.02 Å². The third kappa shape index (κ3) is 2.47. The Morgan fingerprint density at radius 1 is 1.64 bits per heavy atom. The molecular weight excluding hydrogens is 198 g/mol. The largest absolute Gasteiger partial charge is 0.356 e. The van der Waals surface area contributed by atoms with Crippen LogP contribution in [-0.4, -0.2) is 18.6 Å². The van der Waals surface area contributed by atoms with Crippen LogP contribution in [0, 0.1) is 0 Å². The van der Waals surface area contributed by atoms with Crippen LogP contribution in [-0.2, 0) is 6.54 Å². The fourth-order valence-electron chi connectivity index (χ4n) is 1.12. The summed E-state index contributed by atoms with van der Waals surface area (Å²) in [6, 6.07) is 3.68. The summed E-state index contributed by atoms with van der Waals surface area (Å²) in [5, 5.41) is 0.614. The predicted octanol–water partition coefficient (Wildman–Crippen LogP) is 1.82. The molecule has 0 unspecified atom stereocenters. The van der Waals surface area contributed by atoms with Crippen LogP contribution >= 0.6 is 11.6 Å². The second-order valence-electron chi connectivity index (χ2n) is 2.97. The van der Waals surface area contributed by atoms with Crippen molar-refractivity contribution in [3.05, 3.63) is 35.5 Å². The Balaban J connectivity index is 2.93. The topological polar surface area (TPSA) is 42.1 Å². The van der Waals surface area contributed by atoms with Crippen LogP contribution in [0.4, 0.5) is 5.82 Å². The Hall–Kier alpha value is -1.06. The zero-order valence-electron chi connectivity index (χ0n) is 8.20. The monoisotopic (exact) mass is 211 g/mol. The summed E-state index contributed by atoms with van der Waals surface area (Å²) >= 11 is 5.90. The van der Waals surface area contributed by atoms with E-state index in [4.69, 9.17) is 17.3 Å². The van der Waals surface area contributed by atoms with Gasteiger partial charge in [-0.25, -0.2) is 4.98 Å². The lowest BCUT2D eigenvalue weighted by Gasteiger charge is -2.16. The van der Waals surface area contributed by atoms with Gasteiger partial charge in [-0.2, -0.15) is 0 Å². The number of halogens is 1. The van der Waals surface area contributed by atoms with Gasteiger partial charge in [-0.05, 0) is 12.1 Å². The van der Waals surface area contributed by atoms with Crippen molar-refractivity contribution in [2.24, 2.45) is 5.73 Å². The van der Waals surface area contributed by atoms with E-state index in [0.717, 1.165) is 18.1 Å². The van der Waals surface area contributed by atoms with Crippen LogP contribution in [0.25, 0.3) is 0 Å². The highest BCUT2D eigenvalue weighted by Gasteiger charge is 2.04. The normalized spacial score (nSPS) is 9.93. The first-order chi connectivity index (χ1) is 6.69. The van der Waals surface area contributed by atoms with Gasteiger partial charge >= 0.3 is 0 Å². The van der Waals surface area contributed by atoms with Crippen LogP contribution in [0.1, 0.15) is 5.69 Å². The summed E-state index contributed by atoms with van der Waals surface area (Å²) in [5.74, 6) is 0.856. The van der Waals surface area contributed by atoms with E-state index in [2.05, 4.69) is 11.6 Å². The van der Waals surface area contributed by atoms with Crippen LogP contribution in [0.15, 0.2) is 24.8 Å². The summed E-state index contributed by atoms with van der Waals surface area (Å²) in [5.41, 5.74) is 6.23. The highest BCUT2D eigenvalue weighted by molar-refractivity contribution is 6.31. The smallest absolute Gasteiger partial charge is 0.128 e. The molecule has 14 heavy (non-hydrogen) atoms. The Morgan fingerprint density at radius 2 is 2.36 bits per heavy atom. The van der Waals surface area contributed by atoms with Gasteiger partial charge in [0.15, 0.2) is 0 Å². The summed E-state index contributed by atoms with van der Waals surface area (Å²) in [6.45, 7) is 4.77. The van der Waals surface area contributed by atoms with E-state index in [-0.39, 0.29) is 0 Å². The van der Waals surface area contributed by atoms with Crippen molar-refractivity contribution in [2.75, 3.05) is 18.5 Å². The number of rotatable bonds is 4. The second kappa shape index (κ2) is 4.98. The molecule has 1 heterocycles. The van der Waals surface area contributed by atoms with Crippen LogP contribution in [0.5, 0.6) is 0 Å². The Labute approximate surface area is 89.2 Å². The molecule has 1 rings (SSSR count). The lowest BCUT2D eigenvalue weighted by Crippen LogP contribution is -2.18. The van der Waals surface area contributed by atoms with Crippen molar-refractivity contribution in [1.82, 2.24) is 4.98 Å². The fraction of sp³-hybridized carbons (Fsp3) is 0.300. The van der Waals surface area contributed by atoms with Crippen molar-refractivity contribution in [3.8, 4) is 0 Å². The molecule has 1 aromatic rings. The van der Waals surface area contributed by atoms with Crippen LogP contribution < -0.4 is 10.6 Å². The van der Waals surface area contributed by atoms with Crippen molar-refractivity contribution in [3.63, 3.8) is 0 Å². The number of nitrogens with zero attached hydrogens (tertiary/aromatic N) is 2. The van der Waals surface area contributed by atoms with Gasteiger partial charge in [0.1, 0.15) is 5.82 Å². The molecule has 0 aliphatic rings. The molecule has 1 aromatic heterocycles. The van der Waals surface area contributed by atoms with E-state index in [1.807, 2.05) is 30.2 Å². The quantitative estimate of drug-likeness (QED) is 0.773. The number of anilines is 1. The van der Waals surface area contributed by atoms with E-state index in [1.54, 1.807) is 0 Å². The number of aromatic nitrogens is 1. The lowest BCUT2D eigenvalue weighted by molar-refractivity contribution is 0.936. The van der Waals surface area contributed by atoms with Gasteiger partial charge in [-0.15, -0.1) is 6.58 Å². The van der Waals surface area contributed by atoms with Gasteiger partial charge in [-0.1, -0.05) is 17.7 Å². The standard InChI is InChI=1S/C10H14ClN3/c1-3-6-14(2)10-5-4-8(11)9(7-12)13-10/h3-5H,1,6-7,12H2,2H3. The SMILES string of the molecule is C=CCN(C)c1ccc(Cl)c(CN)n1. The molecule has 0 radical (unpaired) electrons. The van der Waals surface area contributed by atoms with Crippen molar-refractivity contribution in [2.45, 2.75) is 6.54 Å². The number of pyridine rings is 1. The van der Waals surface area contributed by atoms with Crippen LogP contribution in [0.3, 0.4) is 0 Å². The Kier molecular flexibility index (Phi) is 3.92. The molecule has 0 aromatic carbocycles. The van der Waals surface area contributed by atoms with Gasteiger partial charge in [0.2, 0.25) is 0 Å². The zero-order chi connectivity index (χ0) is 10.6. The molecule has 0 aliphatic carbocycles. The number of likely N-dealkylation sites (N-methyl/N-ethyl adjacent to an activating group) is 1. The summed E-state index contributed by atoms with van der Waals surface area (Å²) in [4.78, 5) is 6.31. The minimum absolute atomic E-state index is 0.356. The van der Waals surface area contributed by atoms with Crippen molar-refractivity contribution in [1.29, 1.82) is 0 Å². The predicted molar refractivity (Wildman–Crippen MR) is 60.6 cm³/mol. The van der Waals surface area contributed by atoms with Crippen molar-refractivity contribution >= 4 is 17.4 Å². The summed E-state index contributed by atoms with van der Waals surface area (Å²) in [7, 11) is 1.94. The maximum Gasteiger partial charge on any atom is 0.128 e. The number of hydrogen-bond donors (Lipinski definition) is 1. The maximum absolute atomic E-state index is 5.90. The van der Waals surface area contributed by atoms with E-state index >= 15 is 0 Å². The molecule has 76 valence electrons. The molecule has 4 heteroatoms. The first-order valence-corrected chi connectivity index (χ1v) is 4.74. The molecule has 3 nitrogen and oxygen atoms in total. The molecule has 2 N–H and O–H groups in total. The molecule has 0 spiro atoms. The van der Waals surface area contributed by atoms with E-state index < -0.39 is 0 Å². The van der Waals surface area contributed by atoms with E-state index in [0.29, 0.717) is 11.6 Å². The fourth-order valence-corrected chi connectivity index (χ4v) is 1.30. The minimum atomic E-state index is 0.356. The third-order valence-corrected chi connectivity index (χ3v) is 2.24. The average Bonchev–Trinajstić information content (AvgIpc) is 2.19. The molecule has 0 aliphatic heterocycles. The summed E-state index contributed by atoms with van der Waals surface area (Å²) < 4.78 is 0. The first kappa shape index (κ1) is 11.0. The van der Waals surface area contributed by atoms with Gasteiger partial charge in [0.05, 0.1) is 10.7 Å². The average molecular weight is 212 g/mol. The molecule has 0 bridgehead atoms. The Bertz CT molecular complexity index is 325. The van der Waals surface area contributed by atoms with Gasteiger partial charge in [-0.3, -0.25) is 0 Å². The Morgan fingerprint density at radius 3 is 2.93 bits per heavy atom. The molecule has 0 atom stereocenters. The third-order valence-electron chi connectivity index (χ3n) is 1.89. The maximum atomic E-state index is 5.90. The molecular formula is C10H14ClN3. The highest BCUT2D eigenvalue weighted by Crippen LogP contribution is 2.17. The van der Waals surface area contributed by atoms with Gasteiger partial charge in [0, 0.05) is 20.1 Å². The minimum Gasteiger partial charge on any atom is -0.356 e. The highest BCUT2D eigenvalue weighted by atomic mass is 35.5. The number of hydrogen-bond acceptors (Lipinski definition) is 3. The molecule has 0 saturated carbocycles. The van der Waals surface area contributed by atoms with Crippen molar-refractivity contribution < 1.29 is 0 Å². The molecule has 0 amide bonds. The first-order valence-electron chi connectivity index (χ1n) is 4.36. The van der Waals surface area contributed by atoms with Gasteiger partial charge in [0.25, 0.3) is 0 Å². The lowest BCUT2D eigenvalue weighted by atomic mass is 10.3. The molecule has 0 saturated heterocycles. The van der Waals surface area contributed by atoms with E-state index in [9.17, 15) is 0 Å². The second-order valence-corrected chi connectivity index (χ2v) is 3.38. The zero-order valence-corrected chi connectivity index (χ0v) is 8.96. The van der Waals surface area contributed by atoms with Gasteiger partial charge < -0.3 is 10.6 Å². The molecule has 0 fully saturated rings. The number of nitrogens with two attached hydrogens (primary N) is 1. The van der Waals surface area contributed by atoms with E-state index in [1.165, 1.54) is 0 Å². The summed E-state index contributed by atoms with van der Waals surface area (Å²) in [6.07, 6.45) is 1.82.